The van der Waals surface area contributed by atoms with E-state index in [0.29, 0.717) is 5.56 Å². The lowest BCUT2D eigenvalue weighted by atomic mass is 10.2. The van der Waals surface area contributed by atoms with E-state index in [-0.39, 0.29) is 11.5 Å². The van der Waals surface area contributed by atoms with Gasteiger partial charge in [-0.25, -0.2) is 12.7 Å². The fourth-order valence-corrected chi connectivity index (χ4v) is 2.19. The van der Waals surface area contributed by atoms with Crippen LogP contribution >= 0.6 is 0 Å². The van der Waals surface area contributed by atoms with Gasteiger partial charge in [0.1, 0.15) is 0 Å². The molecular formula is C9H13NO3S. The molecule has 1 N–H and O–H groups in total. The summed E-state index contributed by atoms with van der Waals surface area (Å²) in [5.74, 6) is 0. The predicted molar refractivity (Wildman–Crippen MR) is 53.2 cm³/mol. The zero-order valence-corrected chi connectivity index (χ0v) is 8.95. The third kappa shape index (κ3) is 1.95. The Balaban J connectivity index is 3.32. The highest BCUT2D eigenvalue weighted by atomic mass is 32.2. The second kappa shape index (κ2) is 4.08. The topological polar surface area (TPSA) is 57.6 Å². The summed E-state index contributed by atoms with van der Waals surface area (Å²) in [6.45, 7) is -0.275. The maximum Gasteiger partial charge on any atom is 0.242 e. The second-order valence-electron chi connectivity index (χ2n) is 3.05. The number of aliphatic hydroxyl groups excluding tert-OH is 1. The minimum Gasteiger partial charge on any atom is -0.392 e. The Hall–Kier alpha value is -0.910. The SMILES string of the molecule is CN(C)S(=O)(=O)c1ccccc1CO. The van der Waals surface area contributed by atoms with E-state index in [0.717, 1.165) is 4.31 Å². The van der Waals surface area contributed by atoms with Crippen LogP contribution in [0.4, 0.5) is 0 Å². The summed E-state index contributed by atoms with van der Waals surface area (Å²) in [5, 5.41) is 8.98. The lowest BCUT2D eigenvalue weighted by molar-refractivity contribution is 0.278. The van der Waals surface area contributed by atoms with Gasteiger partial charge < -0.3 is 5.11 Å². The van der Waals surface area contributed by atoms with Crippen LogP contribution in [-0.2, 0) is 16.6 Å². The van der Waals surface area contributed by atoms with Gasteiger partial charge in [0.15, 0.2) is 0 Å². The van der Waals surface area contributed by atoms with Gasteiger partial charge in [-0.2, -0.15) is 0 Å². The van der Waals surface area contributed by atoms with Gasteiger partial charge in [-0.3, -0.25) is 0 Å². The molecule has 0 atom stereocenters. The molecule has 78 valence electrons. The van der Waals surface area contributed by atoms with Crippen LogP contribution in [0.15, 0.2) is 29.2 Å². The van der Waals surface area contributed by atoms with Crippen LogP contribution in [0.2, 0.25) is 0 Å². The molecule has 0 fully saturated rings. The monoisotopic (exact) mass is 215 g/mol. The van der Waals surface area contributed by atoms with E-state index in [4.69, 9.17) is 5.11 Å². The summed E-state index contributed by atoms with van der Waals surface area (Å²) < 4.78 is 24.6. The van der Waals surface area contributed by atoms with Gasteiger partial charge in [0.2, 0.25) is 10.0 Å². The molecule has 1 aromatic rings. The van der Waals surface area contributed by atoms with Crippen LogP contribution in [0.5, 0.6) is 0 Å². The number of hydrogen-bond donors (Lipinski definition) is 1. The smallest absolute Gasteiger partial charge is 0.242 e. The molecule has 0 aliphatic heterocycles. The maximum absolute atomic E-state index is 11.7. The molecule has 0 bridgehead atoms. The fraction of sp³-hybridized carbons (Fsp3) is 0.333. The molecule has 5 heteroatoms. The van der Waals surface area contributed by atoms with Gasteiger partial charge in [-0.1, -0.05) is 18.2 Å². The van der Waals surface area contributed by atoms with E-state index in [9.17, 15) is 8.42 Å². The van der Waals surface area contributed by atoms with E-state index in [1.807, 2.05) is 0 Å². The van der Waals surface area contributed by atoms with Crippen LogP contribution in [0, 0.1) is 0 Å². The molecule has 0 saturated carbocycles. The van der Waals surface area contributed by atoms with Crippen molar-refractivity contribution in [2.45, 2.75) is 11.5 Å². The van der Waals surface area contributed by atoms with E-state index in [1.165, 1.54) is 20.2 Å². The van der Waals surface area contributed by atoms with Gasteiger partial charge in [-0.15, -0.1) is 0 Å². The molecule has 0 unspecified atom stereocenters. The molecular weight excluding hydrogens is 202 g/mol. The Morgan fingerprint density at radius 3 is 2.36 bits per heavy atom. The number of sulfonamides is 1. The Morgan fingerprint density at radius 2 is 1.86 bits per heavy atom. The molecule has 0 aromatic heterocycles. The molecule has 0 radical (unpaired) electrons. The van der Waals surface area contributed by atoms with Crippen molar-refractivity contribution in [1.82, 2.24) is 4.31 Å². The van der Waals surface area contributed by atoms with Gasteiger partial charge in [0.05, 0.1) is 11.5 Å². The second-order valence-corrected chi connectivity index (χ2v) is 5.17. The molecule has 0 heterocycles. The van der Waals surface area contributed by atoms with E-state index < -0.39 is 10.0 Å². The van der Waals surface area contributed by atoms with E-state index in [2.05, 4.69) is 0 Å². The van der Waals surface area contributed by atoms with Crippen molar-refractivity contribution in [3.8, 4) is 0 Å². The summed E-state index contributed by atoms with van der Waals surface area (Å²) in [6.07, 6.45) is 0. The van der Waals surface area contributed by atoms with Gasteiger partial charge in [-0.05, 0) is 11.6 Å². The van der Waals surface area contributed by atoms with Crippen molar-refractivity contribution < 1.29 is 13.5 Å². The zero-order chi connectivity index (χ0) is 10.8. The minimum atomic E-state index is -3.45. The van der Waals surface area contributed by atoms with Crippen LogP contribution in [-0.4, -0.2) is 31.9 Å². The van der Waals surface area contributed by atoms with Crippen LogP contribution in [0.25, 0.3) is 0 Å². The maximum atomic E-state index is 11.7. The first-order valence-electron chi connectivity index (χ1n) is 4.11. The van der Waals surface area contributed by atoms with Gasteiger partial charge >= 0.3 is 0 Å². The van der Waals surface area contributed by atoms with E-state index in [1.54, 1.807) is 18.2 Å². The first-order valence-corrected chi connectivity index (χ1v) is 5.55. The molecule has 0 saturated heterocycles. The van der Waals surface area contributed by atoms with Crippen molar-refractivity contribution in [3.63, 3.8) is 0 Å². The number of nitrogens with zero attached hydrogens (tertiary/aromatic N) is 1. The molecule has 0 aliphatic carbocycles. The van der Waals surface area contributed by atoms with E-state index >= 15 is 0 Å². The molecule has 1 rings (SSSR count). The predicted octanol–water partition coefficient (Wildman–Crippen LogP) is 0.429. The highest BCUT2D eigenvalue weighted by molar-refractivity contribution is 7.89. The Bertz CT molecular complexity index is 412. The number of hydrogen-bond acceptors (Lipinski definition) is 3. The lowest BCUT2D eigenvalue weighted by Gasteiger charge is -2.13. The van der Waals surface area contributed by atoms with Gasteiger partial charge in [0, 0.05) is 14.1 Å². The molecule has 1 aromatic carbocycles. The normalized spacial score (nSPS) is 12.0. The Labute approximate surface area is 83.8 Å². The number of aliphatic hydroxyl groups is 1. The summed E-state index contributed by atoms with van der Waals surface area (Å²) in [7, 11) is -0.523. The molecule has 0 amide bonds. The highest BCUT2D eigenvalue weighted by Gasteiger charge is 2.19. The lowest BCUT2D eigenvalue weighted by Crippen LogP contribution is -2.23. The average Bonchev–Trinajstić information content (AvgIpc) is 2.17. The first kappa shape index (κ1) is 11.2. The Kier molecular flexibility index (Phi) is 3.25. The third-order valence-corrected chi connectivity index (χ3v) is 3.82. The molecule has 14 heavy (non-hydrogen) atoms. The summed E-state index contributed by atoms with van der Waals surface area (Å²) >= 11 is 0. The van der Waals surface area contributed by atoms with Crippen molar-refractivity contribution in [3.05, 3.63) is 29.8 Å². The average molecular weight is 215 g/mol. The van der Waals surface area contributed by atoms with Crippen LogP contribution < -0.4 is 0 Å². The van der Waals surface area contributed by atoms with Crippen LogP contribution in [0.1, 0.15) is 5.56 Å². The summed E-state index contributed by atoms with van der Waals surface area (Å²) in [6, 6.07) is 6.41. The molecule has 0 spiro atoms. The first-order chi connectivity index (χ1) is 6.50. The van der Waals surface area contributed by atoms with Crippen molar-refractivity contribution in [2.75, 3.05) is 14.1 Å². The number of benzene rings is 1. The number of rotatable bonds is 3. The quantitative estimate of drug-likeness (QED) is 0.795. The van der Waals surface area contributed by atoms with Crippen molar-refractivity contribution >= 4 is 10.0 Å². The minimum absolute atomic E-state index is 0.160. The van der Waals surface area contributed by atoms with Gasteiger partial charge in [0.25, 0.3) is 0 Å². The van der Waals surface area contributed by atoms with Crippen molar-refractivity contribution in [2.24, 2.45) is 0 Å². The summed E-state index contributed by atoms with van der Waals surface area (Å²) in [5.41, 5.74) is 0.418. The van der Waals surface area contributed by atoms with Crippen LogP contribution in [0.3, 0.4) is 0 Å². The molecule has 4 nitrogen and oxygen atoms in total. The molecule has 0 aliphatic rings. The fourth-order valence-electron chi connectivity index (χ4n) is 1.08. The standard InChI is InChI=1S/C9H13NO3S/c1-10(2)14(12,13)9-6-4-3-5-8(9)7-11/h3-6,11H,7H2,1-2H3. The summed E-state index contributed by atoms with van der Waals surface area (Å²) in [4.78, 5) is 0.160. The zero-order valence-electron chi connectivity index (χ0n) is 8.14. The third-order valence-electron chi connectivity index (χ3n) is 1.90. The van der Waals surface area contributed by atoms with Crippen molar-refractivity contribution in [1.29, 1.82) is 0 Å². The Morgan fingerprint density at radius 1 is 1.29 bits per heavy atom. The highest BCUT2D eigenvalue weighted by Crippen LogP contribution is 2.17. The largest absolute Gasteiger partial charge is 0.392 e.